The van der Waals surface area contributed by atoms with E-state index in [-0.39, 0.29) is 12.1 Å². The number of hydrogen-bond acceptors (Lipinski definition) is 5. The molecule has 3 aromatic rings. The van der Waals surface area contributed by atoms with Gasteiger partial charge >= 0.3 is 5.97 Å². The zero-order chi connectivity index (χ0) is 19.9. The predicted molar refractivity (Wildman–Crippen MR) is 103 cm³/mol. The Kier molecular flexibility index (Phi) is 5.91. The molecule has 0 fully saturated rings. The minimum Gasteiger partial charge on any atom is -0.449 e. The fourth-order valence-electron chi connectivity index (χ4n) is 2.73. The zero-order valence-corrected chi connectivity index (χ0v) is 14.9. The smallest absolute Gasteiger partial charge is 0.311 e. The summed E-state index contributed by atoms with van der Waals surface area (Å²) in [6.07, 6.45) is -1.16. The zero-order valence-electron chi connectivity index (χ0n) is 14.9. The number of ketones is 1. The van der Waals surface area contributed by atoms with Crippen molar-refractivity contribution in [3.8, 4) is 0 Å². The van der Waals surface area contributed by atoms with Gasteiger partial charge in [0.25, 0.3) is 5.69 Å². The van der Waals surface area contributed by atoms with Gasteiger partial charge in [-0.15, -0.1) is 0 Å². The topological polar surface area (TPSA) is 86.5 Å². The first kappa shape index (κ1) is 19.0. The van der Waals surface area contributed by atoms with Crippen LogP contribution in [0.25, 0.3) is 0 Å². The maximum Gasteiger partial charge on any atom is 0.311 e. The van der Waals surface area contributed by atoms with Gasteiger partial charge < -0.3 is 4.74 Å². The molecule has 0 aliphatic rings. The van der Waals surface area contributed by atoms with Crippen LogP contribution >= 0.6 is 0 Å². The standard InChI is InChI=1S/C22H17NO5/c24-20(15-16-7-3-1-4-8-16)28-22(21(25)17-9-5-2-6-10-17)18-11-13-19(14-12-18)23(26)27/h1-14,22H,15H2/t22-/m0/s1. The third-order valence-electron chi connectivity index (χ3n) is 4.14. The highest BCUT2D eigenvalue weighted by molar-refractivity contribution is 6.01. The molecular weight excluding hydrogens is 358 g/mol. The number of nitro groups is 1. The minimum absolute atomic E-state index is 0.0202. The highest BCUT2D eigenvalue weighted by Crippen LogP contribution is 2.25. The van der Waals surface area contributed by atoms with E-state index in [0.717, 1.165) is 5.56 Å². The lowest BCUT2D eigenvalue weighted by molar-refractivity contribution is -0.384. The number of hydrogen-bond donors (Lipinski definition) is 0. The SMILES string of the molecule is O=C(Cc1ccccc1)O[C@H](C(=O)c1ccccc1)c1ccc([N+](=O)[O-])cc1. The van der Waals surface area contributed by atoms with Crippen molar-refractivity contribution in [3.05, 3.63) is 112 Å². The van der Waals surface area contributed by atoms with Crippen LogP contribution < -0.4 is 0 Å². The van der Waals surface area contributed by atoms with Gasteiger partial charge in [0.2, 0.25) is 5.78 Å². The molecule has 0 heterocycles. The Labute approximate surface area is 161 Å². The lowest BCUT2D eigenvalue weighted by Crippen LogP contribution is -2.21. The quantitative estimate of drug-likeness (QED) is 0.266. The minimum atomic E-state index is -1.18. The number of carbonyl (C=O) groups is 2. The molecule has 140 valence electrons. The van der Waals surface area contributed by atoms with Gasteiger partial charge in [-0.3, -0.25) is 19.7 Å². The number of nitro benzene ring substituents is 1. The Morgan fingerprint density at radius 3 is 2.00 bits per heavy atom. The highest BCUT2D eigenvalue weighted by atomic mass is 16.6. The lowest BCUT2D eigenvalue weighted by Gasteiger charge is -2.17. The molecule has 0 spiro atoms. The van der Waals surface area contributed by atoms with E-state index in [2.05, 4.69) is 0 Å². The van der Waals surface area contributed by atoms with Gasteiger partial charge in [-0.05, 0) is 17.7 Å². The summed E-state index contributed by atoms with van der Waals surface area (Å²) in [6, 6.07) is 22.9. The molecule has 0 saturated heterocycles. The monoisotopic (exact) mass is 375 g/mol. The number of nitrogens with zero attached hydrogens (tertiary/aromatic N) is 1. The molecule has 3 aromatic carbocycles. The Balaban J connectivity index is 1.86. The summed E-state index contributed by atoms with van der Waals surface area (Å²) in [4.78, 5) is 35.7. The summed E-state index contributed by atoms with van der Waals surface area (Å²) >= 11 is 0. The molecule has 0 bridgehead atoms. The summed E-state index contributed by atoms with van der Waals surface area (Å²) in [5.41, 5.74) is 1.42. The summed E-state index contributed by atoms with van der Waals surface area (Å²) in [5, 5.41) is 10.9. The number of carbonyl (C=O) groups excluding carboxylic acids is 2. The molecule has 0 aliphatic carbocycles. The van der Waals surface area contributed by atoms with Crippen LogP contribution in [0.4, 0.5) is 5.69 Å². The normalized spacial score (nSPS) is 11.4. The van der Waals surface area contributed by atoms with E-state index >= 15 is 0 Å². The third kappa shape index (κ3) is 4.67. The van der Waals surface area contributed by atoms with Crippen molar-refractivity contribution in [2.24, 2.45) is 0 Å². The Morgan fingerprint density at radius 2 is 1.43 bits per heavy atom. The van der Waals surface area contributed by atoms with E-state index in [1.165, 1.54) is 24.3 Å². The number of Topliss-reactive ketones (excluding diaryl/α,β-unsaturated/α-hetero) is 1. The van der Waals surface area contributed by atoms with Gasteiger partial charge in [0, 0.05) is 23.3 Å². The van der Waals surface area contributed by atoms with Gasteiger partial charge in [-0.2, -0.15) is 0 Å². The maximum absolute atomic E-state index is 12.9. The Bertz CT molecular complexity index is 969. The highest BCUT2D eigenvalue weighted by Gasteiger charge is 2.26. The molecule has 3 rings (SSSR count). The number of benzene rings is 3. The maximum atomic E-state index is 12.9. The van der Waals surface area contributed by atoms with Gasteiger partial charge in [0.1, 0.15) is 0 Å². The fraction of sp³-hybridized carbons (Fsp3) is 0.0909. The van der Waals surface area contributed by atoms with E-state index in [9.17, 15) is 19.7 Å². The molecule has 0 radical (unpaired) electrons. The van der Waals surface area contributed by atoms with Gasteiger partial charge in [-0.1, -0.05) is 60.7 Å². The van der Waals surface area contributed by atoms with Crippen molar-refractivity contribution < 1.29 is 19.2 Å². The van der Waals surface area contributed by atoms with Crippen molar-refractivity contribution >= 4 is 17.4 Å². The van der Waals surface area contributed by atoms with Crippen LogP contribution in [-0.2, 0) is 16.0 Å². The van der Waals surface area contributed by atoms with Crippen LogP contribution in [-0.4, -0.2) is 16.7 Å². The second kappa shape index (κ2) is 8.73. The van der Waals surface area contributed by atoms with Crippen molar-refractivity contribution in [3.63, 3.8) is 0 Å². The molecule has 0 saturated carbocycles. The molecule has 0 amide bonds. The molecule has 0 aromatic heterocycles. The number of non-ortho nitro benzene ring substituents is 1. The van der Waals surface area contributed by atoms with Crippen molar-refractivity contribution in [1.29, 1.82) is 0 Å². The first-order valence-corrected chi connectivity index (χ1v) is 8.61. The predicted octanol–water partition coefficient (Wildman–Crippen LogP) is 4.30. The number of esters is 1. The Morgan fingerprint density at radius 1 is 0.857 bits per heavy atom. The van der Waals surface area contributed by atoms with Crippen LogP contribution in [0.2, 0.25) is 0 Å². The van der Waals surface area contributed by atoms with Crippen LogP contribution in [0.1, 0.15) is 27.6 Å². The average Bonchev–Trinajstić information content (AvgIpc) is 2.73. The van der Waals surface area contributed by atoms with Gasteiger partial charge in [-0.25, -0.2) is 0 Å². The molecule has 1 atom stereocenters. The van der Waals surface area contributed by atoms with Crippen LogP contribution in [0.5, 0.6) is 0 Å². The van der Waals surface area contributed by atoms with Crippen molar-refractivity contribution in [2.75, 3.05) is 0 Å². The van der Waals surface area contributed by atoms with E-state index in [4.69, 9.17) is 4.74 Å². The summed E-state index contributed by atoms with van der Waals surface area (Å²) in [5.74, 6) is -0.949. The Hall–Kier alpha value is -3.80. The van der Waals surface area contributed by atoms with E-state index in [0.29, 0.717) is 11.1 Å². The number of rotatable bonds is 7. The first-order chi connectivity index (χ1) is 13.5. The van der Waals surface area contributed by atoms with Crippen LogP contribution in [0.3, 0.4) is 0 Å². The van der Waals surface area contributed by atoms with E-state index < -0.39 is 22.8 Å². The molecule has 0 N–H and O–H groups in total. The molecule has 0 unspecified atom stereocenters. The second-order valence-corrected chi connectivity index (χ2v) is 6.11. The van der Waals surface area contributed by atoms with Crippen LogP contribution in [0.15, 0.2) is 84.9 Å². The lowest BCUT2D eigenvalue weighted by atomic mass is 9.99. The first-order valence-electron chi connectivity index (χ1n) is 8.61. The summed E-state index contributed by atoms with van der Waals surface area (Å²) < 4.78 is 5.50. The largest absolute Gasteiger partial charge is 0.449 e. The summed E-state index contributed by atoms with van der Waals surface area (Å²) in [7, 11) is 0. The third-order valence-corrected chi connectivity index (χ3v) is 4.14. The molecule has 0 aliphatic heterocycles. The van der Waals surface area contributed by atoms with E-state index in [1.54, 1.807) is 42.5 Å². The molecule has 6 heteroatoms. The molecular formula is C22H17NO5. The summed E-state index contributed by atoms with van der Waals surface area (Å²) in [6.45, 7) is 0. The fourth-order valence-corrected chi connectivity index (χ4v) is 2.73. The van der Waals surface area contributed by atoms with Crippen molar-refractivity contribution in [1.82, 2.24) is 0 Å². The molecule has 6 nitrogen and oxygen atoms in total. The average molecular weight is 375 g/mol. The van der Waals surface area contributed by atoms with Gasteiger partial charge in [0.15, 0.2) is 6.10 Å². The van der Waals surface area contributed by atoms with Crippen molar-refractivity contribution in [2.45, 2.75) is 12.5 Å². The van der Waals surface area contributed by atoms with E-state index in [1.807, 2.05) is 18.2 Å². The molecule has 28 heavy (non-hydrogen) atoms. The number of ether oxygens (including phenoxy) is 1. The van der Waals surface area contributed by atoms with Gasteiger partial charge in [0.05, 0.1) is 11.3 Å². The van der Waals surface area contributed by atoms with Crippen LogP contribution in [0, 0.1) is 10.1 Å². The second-order valence-electron chi connectivity index (χ2n) is 6.11.